The smallest absolute Gasteiger partial charge is 0.346 e. The molecule has 1 rings (SSSR count). The zero-order valence-corrected chi connectivity index (χ0v) is 9.61. The van der Waals surface area contributed by atoms with Gasteiger partial charge in [0.15, 0.2) is 0 Å². The van der Waals surface area contributed by atoms with Crippen molar-refractivity contribution in [2.75, 3.05) is 13.2 Å². The quantitative estimate of drug-likeness (QED) is 0.429. The van der Waals surface area contributed by atoms with E-state index in [0.29, 0.717) is 0 Å². The van der Waals surface area contributed by atoms with Crippen LogP contribution in [-0.2, 0) is 14.6 Å². The molecule has 0 heterocycles. The Hall–Kier alpha value is -0.870. The van der Waals surface area contributed by atoms with Crippen molar-refractivity contribution in [3.05, 3.63) is 12.7 Å². The highest BCUT2D eigenvalue weighted by atomic mass is 17.2. The predicted molar refractivity (Wildman–Crippen MR) is 59.5 cm³/mol. The normalized spacial score (nSPS) is 19.1. The Kier molecular flexibility index (Phi) is 5.49. The van der Waals surface area contributed by atoms with E-state index in [1.54, 1.807) is 0 Å². The van der Waals surface area contributed by atoms with Crippen LogP contribution in [0, 0.1) is 5.41 Å². The number of carbonyl (C=O) groups is 1. The Labute approximate surface area is 96.2 Å². The average molecular weight is 228 g/mol. The molecule has 1 saturated carbocycles. The van der Waals surface area contributed by atoms with Crippen LogP contribution in [0.4, 0.5) is 0 Å². The first-order valence-electron chi connectivity index (χ1n) is 5.76. The molecule has 0 radical (unpaired) electrons. The van der Waals surface area contributed by atoms with Crippen molar-refractivity contribution in [3.8, 4) is 0 Å². The third kappa shape index (κ3) is 3.94. The monoisotopic (exact) mass is 228 g/mol. The molecule has 0 aromatic carbocycles. The second-order valence-electron chi connectivity index (χ2n) is 4.43. The van der Waals surface area contributed by atoms with Gasteiger partial charge in [-0.1, -0.05) is 25.3 Å². The number of rotatable bonds is 6. The number of carbonyl (C=O) groups excluding carboxylic acids is 1. The number of hydrogen-bond donors (Lipinski definition) is 1. The molecule has 1 aliphatic carbocycles. The van der Waals surface area contributed by atoms with Crippen molar-refractivity contribution in [1.29, 1.82) is 0 Å². The van der Waals surface area contributed by atoms with Crippen molar-refractivity contribution >= 4 is 5.97 Å². The van der Waals surface area contributed by atoms with Gasteiger partial charge in [-0.3, -0.25) is 4.89 Å². The third-order valence-electron chi connectivity index (χ3n) is 3.08. The Balaban J connectivity index is 2.28. The first-order valence-corrected chi connectivity index (χ1v) is 5.76. The second kappa shape index (κ2) is 6.66. The molecule has 0 amide bonds. The molecular formula is C12H20O4. The average Bonchev–Trinajstić information content (AvgIpc) is 2.31. The van der Waals surface area contributed by atoms with Gasteiger partial charge in [0, 0.05) is 5.41 Å². The molecule has 0 unspecified atom stereocenters. The Morgan fingerprint density at radius 2 is 2.06 bits per heavy atom. The summed E-state index contributed by atoms with van der Waals surface area (Å²) >= 11 is 0. The van der Waals surface area contributed by atoms with Gasteiger partial charge in [0.05, 0.1) is 13.0 Å². The van der Waals surface area contributed by atoms with Gasteiger partial charge in [-0.2, -0.15) is 4.89 Å². The summed E-state index contributed by atoms with van der Waals surface area (Å²) in [5.41, 5.74) is -0.216. The van der Waals surface area contributed by atoms with Crippen molar-refractivity contribution in [2.24, 2.45) is 5.41 Å². The van der Waals surface area contributed by atoms with E-state index in [0.717, 1.165) is 25.7 Å². The molecule has 0 atom stereocenters. The maximum Gasteiger partial charge on any atom is 0.346 e. The van der Waals surface area contributed by atoms with Gasteiger partial charge in [-0.05, 0) is 12.8 Å². The minimum absolute atomic E-state index is 0.0893. The van der Waals surface area contributed by atoms with Crippen LogP contribution in [0.3, 0.4) is 0 Å². The number of aliphatic hydroxyl groups excluding tert-OH is 1. The third-order valence-corrected chi connectivity index (χ3v) is 3.08. The van der Waals surface area contributed by atoms with Crippen LogP contribution in [0.1, 0.15) is 38.5 Å². The highest BCUT2D eigenvalue weighted by Crippen LogP contribution is 2.36. The molecule has 0 saturated heterocycles. The molecule has 1 N–H and O–H groups in total. The van der Waals surface area contributed by atoms with Crippen LogP contribution in [0.15, 0.2) is 12.7 Å². The lowest BCUT2D eigenvalue weighted by Gasteiger charge is -2.34. The molecule has 4 nitrogen and oxygen atoms in total. The summed E-state index contributed by atoms with van der Waals surface area (Å²) in [7, 11) is 0. The molecule has 0 bridgehead atoms. The summed E-state index contributed by atoms with van der Waals surface area (Å²) in [5, 5.41) is 9.37. The summed E-state index contributed by atoms with van der Waals surface area (Å²) < 4.78 is 0. The Morgan fingerprint density at radius 1 is 1.38 bits per heavy atom. The lowest BCUT2D eigenvalue weighted by molar-refractivity contribution is -0.289. The van der Waals surface area contributed by atoms with Crippen molar-refractivity contribution in [1.82, 2.24) is 0 Å². The van der Waals surface area contributed by atoms with Gasteiger partial charge in [-0.15, -0.1) is 6.58 Å². The van der Waals surface area contributed by atoms with E-state index < -0.39 is 5.97 Å². The Morgan fingerprint density at radius 3 is 2.62 bits per heavy atom. The van der Waals surface area contributed by atoms with E-state index >= 15 is 0 Å². The summed E-state index contributed by atoms with van der Waals surface area (Å²) in [6.07, 6.45) is 6.89. The van der Waals surface area contributed by atoms with Gasteiger partial charge in [0.1, 0.15) is 6.61 Å². The highest BCUT2D eigenvalue weighted by Gasteiger charge is 2.32. The molecule has 1 aliphatic rings. The maximum absolute atomic E-state index is 11.0. The first kappa shape index (κ1) is 13.2. The van der Waals surface area contributed by atoms with E-state index in [2.05, 4.69) is 11.5 Å². The van der Waals surface area contributed by atoms with Crippen LogP contribution in [0.25, 0.3) is 0 Å². The van der Waals surface area contributed by atoms with Gasteiger partial charge in [0.25, 0.3) is 0 Å². The molecular weight excluding hydrogens is 208 g/mol. The summed E-state index contributed by atoms with van der Waals surface area (Å²) in [6, 6.07) is 0. The van der Waals surface area contributed by atoms with Crippen molar-refractivity contribution in [3.63, 3.8) is 0 Å². The standard InChI is InChI=1S/C12H20O4/c1-2-6-11(14)16-15-10-12(9-13)7-4-3-5-8-12/h2,13H,1,3-10H2. The fourth-order valence-electron chi connectivity index (χ4n) is 2.02. The highest BCUT2D eigenvalue weighted by molar-refractivity contribution is 5.70. The van der Waals surface area contributed by atoms with Crippen molar-refractivity contribution in [2.45, 2.75) is 38.5 Å². The van der Waals surface area contributed by atoms with E-state index in [1.165, 1.54) is 12.5 Å². The molecule has 0 aromatic heterocycles. The van der Waals surface area contributed by atoms with E-state index in [4.69, 9.17) is 4.89 Å². The molecule has 0 aromatic rings. The zero-order chi connectivity index (χ0) is 11.9. The predicted octanol–water partition coefficient (Wildman–Crippen LogP) is 1.98. The molecule has 1 fully saturated rings. The lowest BCUT2D eigenvalue weighted by atomic mass is 9.75. The molecule has 92 valence electrons. The largest absolute Gasteiger partial charge is 0.396 e. The van der Waals surface area contributed by atoms with E-state index in [-0.39, 0.29) is 25.0 Å². The van der Waals surface area contributed by atoms with E-state index in [9.17, 15) is 9.90 Å². The Bertz CT molecular complexity index is 231. The zero-order valence-electron chi connectivity index (χ0n) is 9.61. The molecule has 16 heavy (non-hydrogen) atoms. The van der Waals surface area contributed by atoms with Gasteiger partial charge in [0.2, 0.25) is 0 Å². The molecule has 0 spiro atoms. The minimum Gasteiger partial charge on any atom is -0.396 e. The maximum atomic E-state index is 11.0. The van der Waals surface area contributed by atoms with Crippen LogP contribution < -0.4 is 0 Å². The summed E-state index contributed by atoms with van der Waals surface area (Å²) in [5.74, 6) is -0.445. The number of aliphatic hydroxyl groups is 1. The van der Waals surface area contributed by atoms with Gasteiger partial charge >= 0.3 is 5.97 Å². The summed E-state index contributed by atoms with van der Waals surface area (Å²) in [4.78, 5) is 20.5. The second-order valence-corrected chi connectivity index (χ2v) is 4.43. The van der Waals surface area contributed by atoms with Gasteiger partial charge in [-0.25, -0.2) is 4.79 Å². The number of hydrogen-bond acceptors (Lipinski definition) is 4. The molecule has 4 heteroatoms. The van der Waals surface area contributed by atoms with Crippen LogP contribution in [-0.4, -0.2) is 24.3 Å². The fraction of sp³-hybridized carbons (Fsp3) is 0.750. The van der Waals surface area contributed by atoms with Crippen LogP contribution >= 0.6 is 0 Å². The van der Waals surface area contributed by atoms with Crippen molar-refractivity contribution < 1.29 is 19.7 Å². The van der Waals surface area contributed by atoms with Crippen LogP contribution in [0.5, 0.6) is 0 Å². The topological polar surface area (TPSA) is 55.8 Å². The summed E-state index contributed by atoms with van der Waals surface area (Å²) in [6.45, 7) is 3.81. The minimum atomic E-state index is -0.445. The van der Waals surface area contributed by atoms with Crippen LogP contribution in [0.2, 0.25) is 0 Å². The first-order chi connectivity index (χ1) is 7.72. The van der Waals surface area contributed by atoms with E-state index in [1.807, 2.05) is 0 Å². The lowest BCUT2D eigenvalue weighted by Crippen LogP contribution is -2.33. The molecule has 0 aliphatic heterocycles. The van der Waals surface area contributed by atoms with Gasteiger partial charge < -0.3 is 5.11 Å². The fourth-order valence-corrected chi connectivity index (χ4v) is 2.02. The SMILES string of the molecule is C=CCC(=O)OOCC1(CO)CCCCC1.